The minimum atomic E-state index is -0.0962. The molecule has 0 bridgehead atoms. The van der Waals surface area contributed by atoms with Gasteiger partial charge in [-0.1, -0.05) is 6.07 Å². The minimum absolute atomic E-state index is 0.0780. The Balaban J connectivity index is 1.43. The van der Waals surface area contributed by atoms with E-state index in [-0.39, 0.29) is 18.4 Å². The van der Waals surface area contributed by atoms with Gasteiger partial charge < -0.3 is 15.3 Å². The van der Waals surface area contributed by atoms with E-state index < -0.39 is 0 Å². The molecule has 1 fully saturated rings. The van der Waals surface area contributed by atoms with E-state index in [2.05, 4.69) is 31.6 Å². The van der Waals surface area contributed by atoms with Gasteiger partial charge in [0, 0.05) is 30.4 Å². The van der Waals surface area contributed by atoms with Crippen LogP contribution in [0.4, 0.5) is 5.82 Å². The van der Waals surface area contributed by atoms with Crippen molar-refractivity contribution in [3.8, 4) is 0 Å². The van der Waals surface area contributed by atoms with Gasteiger partial charge in [0.15, 0.2) is 0 Å². The average molecular weight is 346 g/mol. The second kappa shape index (κ2) is 8.21. The molecule has 0 unspecified atom stereocenters. The third kappa shape index (κ3) is 4.30. The van der Waals surface area contributed by atoms with Crippen molar-refractivity contribution in [2.24, 2.45) is 5.92 Å². The van der Waals surface area contributed by atoms with E-state index in [0.717, 1.165) is 38.2 Å². The van der Waals surface area contributed by atoms with Gasteiger partial charge in [0.2, 0.25) is 5.91 Å². The van der Waals surface area contributed by atoms with E-state index in [1.54, 1.807) is 23.7 Å². The van der Waals surface area contributed by atoms with E-state index in [4.69, 9.17) is 5.11 Å². The molecule has 2 N–H and O–H groups in total. The van der Waals surface area contributed by atoms with E-state index in [9.17, 15) is 4.79 Å². The number of aliphatic hydroxyl groups is 1. The van der Waals surface area contributed by atoms with Gasteiger partial charge in [-0.05, 0) is 30.7 Å². The standard InChI is InChI=1S/C17H22N4O2S/c22-12-14-10-20-16(11-19-14)21-7-4-13(5-8-21)17(23)18-6-3-15-2-1-9-24-15/h1-2,9-11,13,22H,3-8,12H2,(H,18,23). The lowest BCUT2D eigenvalue weighted by Gasteiger charge is -2.31. The van der Waals surface area contributed by atoms with Gasteiger partial charge in [-0.25, -0.2) is 4.98 Å². The van der Waals surface area contributed by atoms with Crippen molar-refractivity contribution in [3.63, 3.8) is 0 Å². The highest BCUT2D eigenvalue weighted by Crippen LogP contribution is 2.21. The molecule has 0 aromatic carbocycles. The second-order valence-corrected chi connectivity index (χ2v) is 6.94. The molecule has 3 rings (SSSR count). The molecule has 0 saturated carbocycles. The Kier molecular flexibility index (Phi) is 5.77. The summed E-state index contributed by atoms with van der Waals surface area (Å²) >= 11 is 1.72. The van der Waals surface area contributed by atoms with Crippen molar-refractivity contribution in [1.29, 1.82) is 0 Å². The number of carbonyl (C=O) groups excluding carboxylic acids is 1. The van der Waals surface area contributed by atoms with Crippen LogP contribution in [0.15, 0.2) is 29.9 Å². The number of anilines is 1. The third-order valence-corrected chi connectivity index (χ3v) is 5.23. The molecular formula is C17H22N4O2S. The van der Waals surface area contributed by atoms with Crippen LogP contribution < -0.4 is 10.2 Å². The van der Waals surface area contributed by atoms with Gasteiger partial charge in [-0.15, -0.1) is 11.3 Å². The predicted molar refractivity (Wildman–Crippen MR) is 93.9 cm³/mol. The minimum Gasteiger partial charge on any atom is -0.390 e. The Hall–Kier alpha value is -1.99. The highest BCUT2D eigenvalue weighted by atomic mass is 32.1. The summed E-state index contributed by atoms with van der Waals surface area (Å²) in [4.78, 5) is 24.2. The molecule has 128 valence electrons. The van der Waals surface area contributed by atoms with Crippen molar-refractivity contribution < 1.29 is 9.90 Å². The van der Waals surface area contributed by atoms with E-state index in [0.29, 0.717) is 12.2 Å². The zero-order valence-electron chi connectivity index (χ0n) is 13.5. The van der Waals surface area contributed by atoms with Crippen LogP contribution in [0.2, 0.25) is 0 Å². The number of aromatic nitrogens is 2. The lowest BCUT2D eigenvalue weighted by molar-refractivity contribution is -0.125. The molecule has 0 atom stereocenters. The summed E-state index contributed by atoms with van der Waals surface area (Å²) in [6.07, 6.45) is 5.84. The van der Waals surface area contributed by atoms with Crippen LogP contribution >= 0.6 is 11.3 Å². The van der Waals surface area contributed by atoms with Gasteiger partial charge in [0.1, 0.15) is 5.82 Å². The molecule has 2 aromatic rings. The van der Waals surface area contributed by atoms with E-state index >= 15 is 0 Å². The molecule has 2 aromatic heterocycles. The number of carbonyl (C=O) groups is 1. The largest absolute Gasteiger partial charge is 0.390 e. The van der Waals surface area contributed by atoms with Crippen molar-refractivity contribution in [2.45, 2.75) is 25.9 Å². The number of piperidine rings is 1. The summed E-state index contributed by atoms with van der Waals surface area (Å²) in [6, 6.07) is 4.13. The fraction of sp³-hybridized carbons (Fsp3) is 0.471. The van der Waals surface area contributed by atoms with Gasteiger partial charge in [0.25, 0.3) is 0 Å². The van der Waals surface area contributed by atoms with E-state index in [1.807, 2.05) is 6.07 Å². The molecule has 1 amide bonds. The zero-order valence-corrected chi connectivity index (χ0v) is 14.3. The number of hydrogen-bond donors (Lipinski definition) is 2. The van der Waals surface area contributed by atoms with Gasteiger partial charge >= 0.3 is 0 Å². The lowest BCUT2D eigenvalue weighted by atomic mass is 9.96. The highest BCUT2D eigenvalue weighted by Gasteiger charge is 2.25. The van der Waals surface area contributed by atoms with Crippen LogP contribution in [0.3, 0.4) is 0 Å². The zero-order chi connectivity index (χ0) is 16.8. The summed E-state index contributed by atoms with van der Waals surface area (Å²) < 4.78 is 0. The predicted octanol–water partition coefficient (Wildman–Crippen LogP) is 1.61. The number of thiophene rings is 1. The molecule has 1 aliphatic heterocycles. The number of rotatable bonds is 6. The molecule has 1 aliphatic rings. The van der Waals surface area contributed by atoms with Crippen LogP contribution in [0, 0.1) is 5.92 Å². The molecule has 0 aliphatic carbocycles. The van der Waals surface area contributed by atoms with Gasteiger partial charge in [-0.2, -0.15) is 0 Å². The second-order valence-electron chi connectivity index (χ2n) is 5.91. The average Bonchev–Trinajstić information content (AvgIpc) is 3.15. The lowest BCUT2D eigenvalue weighted by Crippen LogP contribution is -2.41. The number of amides is 1. The Morgan fingerprint density at radius 3 is 2.79 bits per heavy atom. The molecule has 3 heterocycles. The number of aliphatic hydroxyl groups excluding tert-OH is 1. The quantitative estimate of drug-likeness (QED) is 0.831. The van der Waals surface area contributed by atoms with Crippen LogP contribution in [-0.2, 0) is 17.8 Å². The first kappa shape index (κ1) is 16.9. The monoisotopic (exact) mass is 346 g/mol. The first-order chi connectivity index (χ1) is 11.8. The molecule has 0 radical (unpaired) electrons. The summed E-state index contributed by atoms with van der Waals surface area (Å²) in [5, 5.41) is 14.1. The molecule has 1 saturated heterocycles. The first-order valence-electron chi connectivity index (χ1n) is 8.23. The topological polar surface area (TPSA) is 78.4 Å². The van der Waals surface area contributed by atoms with Crippen molar-refractivity contribution in [2.75, 3.05) is 24.5 Å². The van der Waals surface area contributed by atoms with Crippen LogP contribution in [-0.4, -0.2) is 40.6 Å². The van der Waals surface area contributed by atoms with Crippen molar-refractivity contribution in [1.82, 2.24) is 15.3 Å². The SMILES string of the molecule is O=C(NCCc1cccs1)C1CCN(c2cnc(CO)cn2)CC1. The Labute approximate surface area is 145 Å². The summed E-state index contributed by atoms with van der Waals surface area (Å²) in [7, 11) is 0. The first-order valence-corrected chi connectivity index (χ1v) is 9.11. The van der Waals surface area contributed by atoms with Gasteiger partial charge in [0.05, 0.1) is 24.7 Å². The number of hydrogen-bond acceptors (Lipinski definition) is 6. The Bertz CT molecular complexity index is 637. The van der Waals surface area contributed by atoms with Crippen LogP contribution in [0.1, 0.15) is 23.4 Å². The molecule has 7 heteroatoms. The fourth-order valence-electron chi connectivity index (χ4n) is 2.87. The molecule has 24 heavy (non-hydrogen) atoms. The van der Waals surface area contributed by atoms with Crippen molar-refractivity contribution in [3.05, 3.63) is 40.5 Å². The van der Waals surface area contributed by atoms with Gasteiger partial charge in [-0.3, -0.25) is 9.78 Å². The van der Waals surface area contributed by atoms with Crippen molar-refractivity contribution >= 4 is 23.1 Å². The molecule has 0 spiro atoms. The number of nitrogens with zero attached hydrogens (tertiary/aromatic N) is 3. The maximum absolute atomic E-state index is 12.3. The molecule has 6 nitrogen and oxygen atoms in total. The Morgan fingerprint density at radius 1 is 1.33 bits per heavy atom. The summed E-state index contributed by atoms with van der Waals surface area (Å²) in [6.45, 7) is 2.21. The summed E-state index contributed by atoms with van der Waals surface area (Å²) in [5.41, 5.74) is 0.568. The maximum Gasteiger partial charge on any atom is 0.223 e. The van der Waals surface area contributed by atoms with Crippen LogP contribution in [0.5, 0.6) is 0 Å². The third-order valence-electron chi connectivity index (χ3n) is 4.29. The van der Waals surface area contributed by atoms with Crippen LogP contribution in [0.25, 0.3) is 0 Å². The number of nitrogens with one attached hydrogen (secondary N) is 1. The normalized spacial score (nSPS) is 15.5. The highest BCUT2D eigenvalue weighted by molar-refractivity contribution is 7.09. The molecular weight excluding hydrogens is 324 g/mol. The smallest absolute Gasteiger partial charge is 0.223 e. The Morgan fingerprint density at radius 2 is 2.17 bits per heavy atom. The summed E-state index contributed by atoms with van der Waals surface area (Å²) in [5.74, 6) is 1.05. The van der Waals surface area contributed by atoms with E-state index in [1.165, 1.54) is 4.88 Å². The maximum atomic E-state index is 12.3. The fourth-order valence-corrected chi connectivity index (χ4v) is 3.58.